The Labute approximate surface area is 134 Å². The van der Waals surface area contributed by atoms with Gasteiger partial charge in [0.05, 0.1) is 5.75 Å². The quantitative estimate of drug-likeness (QED) is 0.415. The van der Waals surface area contributed by atoms with Crippen LogP contribution in [-0.2, 0) is 0 Å². The fourth-order valence-corrected chi connectivity index (χ4v) is 3.84. The van der Waals surface area contributed by atoms with E-state index in [0.29, 0.717) is 22.8 Å². The first-order valence-corrected chi connectivity index (χ1v) is 8.41. The number of nitrogens with zero attached hydrogens (tertiary/aromatic N) is 2. The van der Waals surface area contributed by atoms with Crippen molar-refractivity contribution in [2.45, 2.75) is 5.03 Å². The number of hydrogen-bond acceptors (Lipinski definition) is 7. The molecule has 0 aliphatic carbocycles. The second-order valence-electron chi connectivity index (χ2n) is 4.60. The van der Waals surface area contributed by atoms with E-state index < -0.39 is 0 Å². The minimum absolute atomic E-state index is 0.0327. The van der Waals surface area contributed by atoms with E-state index in [9.17, 15) is 4.79 Å². The summed E-state index contributed by atoms with van der Waals surface area (Å²) in [7, 11) is 0. The summed E-state index contributed by atoms with van der Waals surface area (Å²) in [5.74, 6) is 1.66. The van der Waals surface area contributed by atoms with E-state index in [0.717, 1.165) is 15.2 Å². The minimum Gasteiger partial charge on any atom is -0.454 e. The van der Waals surface area contributed by atoms with E-state index in [1.54, 1.807) is 29.5 Å². The molecule has 7 heteroatoms. The molecule has 3 aromatic rings. The van der Waals surface area contributed by atoms with E-state index in [1.165, 1.54) is 18.1 Å². The minimum atomic E-state index is 0.0327. The molecule has 110 valence electrons. The van der Waals surface area contributed by atoms with Gasteiger partial charge in [0.25, 0.3) is 0 Å². The van der Waals surface area contributed by atoms with Gasteiger partial charge in [-0.05, 0) is 29.6 Å². The number of Topliss-reactive ketones (excluding diaryl/α,β-unsaturated/α-hetero) is 1. The highest BCUT2D eigenvalue weighted by Gasteiger charge is 2.17. The molecule has 0 saturated carbocycles. The summed E-state index contributed by atoms with van der Waals surface area (Å²) in [6, 6.07) is 7.23. The van der Waals surface area contributed by atoms with Crippen LogP contribution in [0.5, 0.6) is 11.5 Å². The molecule has 0 atom stereocenters. The number of ether oxygens (including phenoxy) is 2. The van der Waals surface area contributed by atoms with Gasteiger partial charge in [-0.3, -0.25) is 4.79 Å². The monoisotopic (exact) mass is 330 g/mol. The number of hydrogen-bond donors (Lipinski definition) is 0. The topological polar surface area (TPSA) is 61.3 Å². The number of rotatable bonds is 4. The van der Waals surface area contributed by atoms with Crippen LogP contribution < -0.4 is 9.47 Å². The lowest BCUT2D eigenvalue weighted by atomic mass is 10.1. The van der Waals surface area contributed by atoms with Gasteiger partial charge in [-0.25, -0.2) is 9.97 Å². The lowest BCUT2D eigenvalue weighted by Gasteiger charge is -2.03. The summed E-state index contributed by atoms with van der Waals surface area (Å²) in [5, 5.41) is 3.81. The zero-order chi connectivity index (χ0) is 14.9. The molecule has 22 heavy (non-hydrogen) atoms. The molecule has 0 radical (unpaired) electrons. The average molecular weight is 330 g/mol. The number of aromatic nitrogens is 2. The zero-order valence-electron chi connectivity index (χ0n) is 11.3. The molecule has 0 fully saturated rings. The van der Waals surface area contributed by atoms with Crippen molar-refractivity contribution in [1.29, 1.82) is 0 Å². The van der Waals surface area contributed by atoms with Gasteiger partial charge >= 0.3 is 0 Å². The second kappa shape index (κ2) is 5.58. The maximum absolute atomic E-state index is 12.3. The van der Waals surface area contributed by atoms with Crippen molar-refractivity contribution in [3.05, 3.63) is 41.5 Å². The molecule has 0 amide bonds. The largest absolute Gasteiger partial charge is 0.454 e. The number of ketones is 1. The Hall–Kier alpha value is -2.12. The third kappa shape index (κ3) is 2.42. The van der Waals surface area contributed by atoms with Crippen molar-refractivity contribution in [2.75, 3.05) is 12.5 Å². The Bertz CT molecular complexity index is 863. The third-order valence-corrected chi connectivity index (χ3v) is 5.09. The van der Waals surface area contributed by atoms with Crippen molar-refractivity contribution >= 4 is 39.1 Å². The molecular weight excluding hydrogens is 320 g/mol. The van der Waals surface area contributed by atoms with Crippen LogP contribution in [0.3, 0.4) is 0 Å². The van der Waals surface area contributed by atoms with Crippen molar-refractivity contribution in [1.82, 2.24) is 9.97 Å². The van der Waals surface area contributed by atoms with Crippen LogP contribution in [0, 0.1) is 0 Å². The van der Waals surface area contributed by atoms with Gasteiger partial charge in [-0.15, -0.1) is 11.3 Å². The first kappa shape index (κ1) is 13.5. The van der Waals surface area contributed by atoms with Crippen molar-refractivity contribution in [2.24, 2.45) is 0 Å². The van der Waals surface area contributed by atoms with Crippen LogP contribution in [0.1, 0.15) is 10.4 Å². The molecule has 0 unspecified atom stereocenters. The molecule has 3 heterocycles. The Morgan fingerprint density at radius 3 is 3.09 bits per heavy atom. The highest BCUT2D eigenvalue weighted by molar-refractivity contribution is 8.00. The molecule has 1 aliphatic rings. The predicted octanol–water partition coefficient (Wildman–Crippen LogP) is 3.40. The van der Waals surface area contributed by atoms with Gasteiger partial charge in [0.2, 0.25) is 6.79 Å². The molecule has 2 aromatic heterocycles. The van der Waals surface area contributed by atoms with Crippen molar-refractivity contribution in [3.8, 4) is 11.5 Å². The first-order valence-electron chi connectivity index (χ1n) is 6.55. The van der Waals surface area contributed by atoms with Crippen LogP contribution in [0.25, 0.3) is 10.2 Å². The fourth-order valence-electron chi connectivity index (χ4n) is 2.17. The maximum Gasteiger partial charge on any atom is 0.231 e. The molecule has 0 spiro atoms. The Kier molecular flexibility index (Phi) is 3.44. The first-order chi connectivity index (χ1) is 10.8. The molecule has 1 aliphatic heterocycles. The van der Waals surface area contributed by atoms with Crippen LogP contribution in [0.2, 0.25) is 0 Å². The third-order valence-electron chi connectivity index (χ3n) is 3.26. The SMILES string of the molecule is O=C(CSc1ncnc2sccc12)c1ccc2c(c1)OCO2. The lowest BCUT2D eigenvalue weighted by Crippen LogP contribution is -2.02. The fraction of sp³-hybridized carbons (Fsp3) is 0.133. The summed E-state index contributed by atoms with van der Waals surface area (Å²) in [6.45, 7) is 0.207. The van der Waals surface area contributed by atoms with Crippen molar-refractivity contribution < 1.29 is 14.3 Å². The number of thioether (sulfide) groups is 1. The summed E-state index contributed by atoms with van der Waals surface area (Å²) in [6.07, 6.45) is 1.53. The smallest absolute Gasteiger partial charge is 0.231 e. The highest BCUT2D eigenvalue weighted by Crippen LogP contribution is 2.33. The molecule has 0 bridgehead atoms. The number of carbonyl (C=O) groups excluding carboxylic acids is 1. The van der Waals surface area contributed by atoms with Gasteiger partial charge < -0.3 is 9.47 Å². The van der Waals surface area contributed by atoms with Crippen LogP contribution in [0.15, 0.2) is 41.0 Å². The van der Waals surface area contributed by atoms with Gasteiger partial charge in [0.15, 0.2) is 17.3 Å². The summed E-state index contributed by atoms with van der Waals surface area (Å²) in [4.78, 5) is 21.7. The van der Waals surface area contributed by atoms with E-state index in [-0.39, 0.29) is 12.6 Å². The molecule has 4 rings (SSSR count). The van der Waals surface area contributed by atoms with E-state index in [1.807, 2.05) is 11.4 Å². The van der Waals surface area contributed by atoms with Crippen LogP contribution >= 0.6 is 23.1 Å². The zero-order valence-corrected chi connectivity index (χ0v) is 12.9. The summed E-state index contributed by atoms with van der Waals surface area (Å²) >= 11 is 2.99. The van der Waals surface area contributed by atoms with E-state index in [2.05, 4.69) is 9.97 Å². The Balaban J connectivity index is 1.52. The standard InChI is InChI=1S/C15H10N2O3S2/c18-11(9-1-2-12-13(5-9)20-8-19-12)6-22-15-10-3-4-21-14(10)16-7-17-15/h1-5,7H,6,8H2. The van der Waals surface area contributed by atoms with Crippen LogP contribution in [0.4, 0.5) is 0 Å². The Morgan fingerprint density at radius 1 is 1.23 bits per heavy atom. The number of carbonyl (C=O) groups is 1. The van der Waals surface area contributed by atoms with E-state index >= 15 is 0 Å². The number of fused-ring (bicyclic) bond motifs is 2. The molecule has 0 saturated heterocycles. The molecule has 1 aromatic carbocycles. The van der Waals surface area contributed by atoms with Crippen molar-refractivity contribution in [3.63, 3.8) is 0 Å². The van der Waals surface area contributed by atoms with Gasteiger partial charge in [-0.1, -0.05) is 11.8 Å². The molecular formula is C15H10N2O3S2. The number of thiophene rings is 1. The second-order valence-corrected chi connectivity index (χ2v) is 6.46. The number of benzene rings is 1. The van der Waals surface area contributed by atoms with Gasteiger partial charge in [0.1, 0.15) is 16.2 Å². The Morgan fingerprint density at radius 2 is 2.14 bits per heavy atom. The van der Waals surface area contributed by atoms with Gasteiger partial charge in [0, 0.05) is 10.9 Å². The lowest BCUT2D eigenvalue weighted by molar-refractivity contribution is 0.102. The average Bonchev–Trinajstić information content (AvgIpc) is 3.20. The van der Waals surface area contributed by atoms with Gasteiger partial charge in [-0.2, -0.15) is 0 Å². The summed E-state index contributed by atoms with van der Waals surface area (Å²) < 4.78 is 10.5. The predicted molar refractivity (Wildman–Crippen MR) is 85.0 cm³/mol. The van der Waals surface area contributed by atoms with Crippen LogP contribution in [-0.4, -0.2) is 28.3 Å². The molecule has 0 N–H and O–H groups in total. The summed E-state index contributed by atoms with van der Waals surface area (Å²) in [5.41, 5.74) is 0.618. The highest BCUT2D eigenvalue weighted by atomic mass is 32.2. The normalized spacial score (nSPS) is 12.7. The van der Waals surface area contributed by atoms with E-state index in [4.69, 9.17) is 9.47 Å². The maximum atomic E-state index is 12.3. The molecule has 5 nitrogen and oxygen atoms in total.